The predicted molar refractivity (Wildman–Crippen MR) is 64.8 cm³/mol. The lowest BCUT2D eigenvalue weighted by Gasteiger charge is -2.17. The van der Waals surface area contributed by atoms with Gasteiger partial charge in [-0.2, -0.15) is 0 Å². The number of hydrogen-bond donors (Lipinski definition) is 2. The van der Waals surface area contributed by atoms with Crippen molar-refractivity contribution in [3.05, 3.63) is 17.8 Å². The summed E-state index contributed by atoms with van der Waals surface area (Å²) in [5, 5.41) is 16.3. The number of nitrogens with two attached hydrogens (primary N) is 1. The van der Waals surface area contributed by atoms with Gasteiger partial charge in [0, 0.05) is 20.2 Å². The number of aromatic nitrogens is 2. The zero-order chi connectivity index (χ0) is 12.7. The van der Waals surface area contributed by atoms with Gasteiger partial charge in [0.2, 0.25) is 0 Å². The van der Waals surface area contributed by atoms with E-state index in [1.165, 1.54) is 0 Å². The number of amides is 1. The Morgan fingerprint density at radius 3 is 2.65 bits per heavy atom. The minimum absolute atomic E-state index is 0.169. The summed E-state index contributed by atoms with van der Waals surface area (Å²) in [5.41, 5.74) is 5.24. The fraction of sp³-hybridized carbons (Fsp3) is 0.545. The van der Waals surface area contributed by atoms with Crippen LogP contribution in [0.15, 0.2) is 12.1 Å². The maximum absolute atomic E-state index is 10.8. The molecule has 0 atom stereocenters. The molecule has 1 amide bonds. The highest BCUT2D eigenvalue weighted by Crippen LogP contribution is 2.08. The Morgan fingerprint density at radius 2 is 2.12 bits per heavy atom. The molecule has 0 aliphatic carbocycles. The largest absolute Gasteiger partial charge is 0.396 e. The molecule has 0 aliphatic rings. The molecule has 0 aliphatic heterocycles. The predicted octanol–water partition coefficient (Wildman–Crippen LogP) is 0.174. The van der Waals surface area contributed by atoms with Crippen molar-refractivity contribution in [3.8, 4) is 0 Å². The second kappa shape index (κ2) is 6.80. The Hall–Kier alpha value is -1.69. The summed E-state index contributed by atoms with van der Waals surface area (Å²) in [6.45, 7) is 1.07. The zero-order valence-electron chi connectivity index (χ0n) is 9.96. The van der Waals surface area contributed by atoms with E-state index < -0.39 is 5.91 Å². The maximum atomic E-state index is 10.8. The van der Waals surface area contributed by atoms with E-state index in [0.29, 0.717) is 5.82 Å². The zero-order valence-corrected chi connectivity index (χ0v) is 9.96. The summed E-state index contributed by atoms with van der Waals surface area (Å²) in [4.78, 5) is 12.8. The van der Waals surface area contributed by atoms with Gasteiger partial charge in [-0.15, -0.1) is 10.2 Å². The second-order valence-electron chi connectivity index (χ2n) is 3.85. The van der Waals surface area contributed by atoms with Crippen LogP contribution in [0.25, 0.3) is 0 Å². The summed E-state index contributed by atoms with van der Waals surface area (Å²) >= 11 is 0. The first-order valence-corrected chi connectivity index (χ1v) is 5.60. The van der Waals surface area contributed by atoms with Gasteiger partial charge in [-0.1, -0.05) is 0 Å². The number of anilines is 1. The van der Waals surface area contributed by atoms with Gasteiger partial charge < -0.3 is 15.7 Å². The van der Waals surface area contributed by atoms with Crippen molar-refractivity contribution in [2.45, 2.75) is 19.3 Å². The summed E-state index contributed by atoms with van der Waals surface area (Å²) < 4.78 is 0. The standard InChI is InChI=1S/C11H18N4O2/c1-15(7-3-2-4-8-16)10-6-5-9(11(12)17)13-14-10/h5-6,16H,2-4,7-8H2,1H3,(H2,12,17). The van der Waals surface area contributed by atoms with Crippen LogP contribution in [0.1, 0.15) is 29.8 Å². The number of carbonyl (C=O) groups is 1. The minimum atomic E-state index is -0.574. The third-order valence-corrected chi connectivity index (χ3v) is 2.45. The first-order chi connectivity index (χ1) is 8.15. The molecule has 1 aromatic rings. The highest BCUT2D eigenvalue weighted by Gasteiger charge is 2.06. The van der Waals surface area contributed by atoms with E-state index in [4.69, 9.17) is 10.8 Å². The molecule has 0 saturated carbocycles. The van der Waals surface area contributed by atoms with Crippen LogP contribution in [-0.4, -0.2) is 41.4 Å². The lowest BCUT2D eigenvalue weighted by atomic mass is 10.2. The third-order valence-electron chi connectivity index (χ3n) is 2.45. The van der Waals surface area contributed by atoms with Gasteiger partial charge in [0.25, 0.3) is 5.91 Å². The van der Waals surface area contributed by atoms with Crippen molar-refractivity contribution in [2.75, 3.05) is 25.1 Å². The van der Waals surface area contributed by atoms with Gasteiger partial charge in [-0.25, -0.2) is 0 Å². The lowest BCUT2D eigenvalue weighted by Crippen LogP contribution is -2.21. The molecule has 0 spiro atoms. The normalized spacial score (nSPS) is 10.2. The van der Waals surface area contributed by atoms with Crippen molar-refractivity contribution >= 4 is 11.7 Å². The third kappa shape index (κ3) is 4.36. The van der Waals surface area contributed by atoms with Crippen molar-refractivity contribution in [2.24, 2.45) is 5.73 Å². The Labute approximate surface area is 100 Å². The fourth-order valence-electron chi connectivity index (χ4n) is 1.41. The van der Waals surface area contributed by atoms with Crippen LogP contribution in [0.3, 0.4) is 0 Å². The second-order valence-corrected chi connectivity index (χ2v) is 3.85. The quantitative estimate of drug-likeness (QED) is 0.661. The Balaban J connectivity index is 2.46. The highest BCUT2D eigenvalue weighted by atomic mass is 16.2. The van der Waals surface area contributed by atoms with Gasteiger partial charge in [0.15, 0.2) is 11.5 Å². The van der Waals surface area contributed by atoms with E-state index in [1.807, 2.05) is 11.9 Å². The van der Waals surface area contributed by atoms with E-state index in [2.05, 4.69) is 10.2 Å². The van der Waals surface area contributed by atoms with Gasteiger partial charge in [0.05, 0.1) is 0 Å². The molecule has 0 fully saturated rings. The van der Waals surface area contributed by atoms with Gasteiger partial charge >= 0.3 is 0 Å². The molecule has 3 N–H and O–H groups in total. The van der Waals surface area contributed by atoms with Crippen LogP contribution < -0.4 is 10.6 Å². The van der Waals surface area contributed by atoms with Gasteiger partial charge in [-0.05, 0) is 31.4 Å². The number of aliphatic hydroxyl groups excluding tert-OH is 1. The molecule has 0 saturated heterocycles. The molecular weight excluding hydrogens is 220 g/mol. The Morgan fingerprint density at radius 1 is 1.35 bits per heavy atom. The van der Waals surface area contributed by atoms with Crippen LogP contribution in [0.5, 0.6) is 0 Å². The van der Waals surface area contributed by atoms with E-state index in [1.54, 1.807) is 12.1 Å². The molecule has 1 heterocycles. The van der Waals surface area contributed by atoms with Crippen molar-refractivity contribution < 1.29 is 9.90 Å². The maximum Gasteiger partial charge on any atom is 0.269 e. The number of primary amides is 1. The first-order valence-electron chi connectivity index (χ1n) is 5.60. The van der Waals surface area contributed by atoms with E-state index in [0.717, 1.165) is 25.8 Å². The van der Waals surface area contributed by atoms with Crippen molar-refractivity contribution in [1.29, 1.82) is 0 Å². The number of nitrogens with zero attached hydrogens (tertiary/aromatic N) is 3. The summed E-state index contributed by atoms with van der Waals surface area (Å²) in [6.07, 6.45) is 2.78. The van der Waals surface area contributed by atoms with Crippen molar-refractivity contribution in [3.63, 3.8) is 0 Å². The molecule has 6 nitrogen and oxygen atoms in total. The SMILES string of the molecule is CN(CCCCCO)c1ccc(C(N)=O)nn1. The molecule has 0 bridgehead atoms. The number of aliphatic hydroxyl groups is 1. The monoisotopic (exact) mass is 238 g/mol. The Kier molecular flexibility index (Phi) is 5.35. The average Bonchev–Trinajstić information content (AvgIpc) is 2.34. The van der Waals surface area contributed by atoms with Crippen LogP contribution in [0.4, 0.5) is 5.82 Å². The molecule has 6 heteroatoms. The highest BCUT2D eigenvalue weighted by molar-refractivity contribution is 5.90. The van der Waals surface area contributed by atoms with Crippen LogP contribution in [0, 0.1) is 0 Å². The van der Waals surface area contributed by atoms with E-state index in [-0.39, 0.29) is 12.3 Å². The molecule has 17 heavy (non-hydrogen) atoms. The summed E-state index contributed by atoms with van der Waals surface area (Å²) in [6, 6.07) is 3.29. The molecule has 0 unspecified atom stereocenters. The van der Waals surface area contributed by atoms with E-state index >= 15 is 0 Å². The van der Waals surface area contributed by atoms with Crippen LogP contribution >= 0.6 is 0 Å². The number of carbonyl (C=O) groups excluding carboxylic acids is 1. The fourth-order valence-corrected chi connectivity index (χ4v) is 1.41. The summed E-state index contributed by atoms with van der Waals surface area (Å²) in [5.74, 6) is 0.133. The van der Waals surface area contributed by atoms with Crippen LogP contribution in [0.2, 0.25) is 0 Å². The average molecular weight is 238 g/mol. The van der Waals surface area contributed by atoms with Crippen LogP contribution in [-0.2, 0) is 0 Å². The Bertz CT molecular complexity index is 353. The number of rotatable bonds is 7. The minimum Gasteiger partial charge on any atom is -0.396 e. The van der Waals surface area contributed by atoms with Gasteiger partial charge in [-0.3, -0.25) is 4.79 Å². The smallest absolute Gasteiger partial charge is 0.269 e. The molecule has 1 rings (SSSR count). The van der Waals surface area contributed by atoms with Crippen molar-refractivity contribution in [1.82, 2.24) is 10.2 Å². The number of unbranched alkanes of at least 4 members (excludes halogenated alkanes) is 2. The number of hydrogen-bond acceptors (Lipinski definition) is 5. The van der Waals surface area contributed by atoms with E-state index in [9.17, 15) is 4.79 Å². The lowest BCUT2D eigenvalue weighted by molar-refractivity contribution is 0.0994. The molecule has 1 aromatic heterocycles. The molecule has 0 radical (unpaired) electrons. The van der Waals surface area contributed by atoms with Gasteiger partial charge in [0.1, 0.15) is 0 Å². The molecule has 94 valence electrons. The summed E-state index contributed by atoms with van der Waals surface area (Å²) in [7, 11) is 1.91. The molecular formula is C11H18N4O2. The molecule has 0 aromatic carbocycles. The first kappa shape index (κ1) is 13.4. The topological polar surface area (TPSA) is 92.3 Å².